The number of rotatable bonds is 3. The standard InChI is InChI=1S/C9H10F3N3/c1-3-6(2)13-8-5-4-7(14-15-8)9(10,11)12/h3-6H,1H2,2H3,(H,13,15). The minimum Gasteiger partial charge on any atom is -0.363 e. The molecular weight excluding hydrogens is 207 g/mol. The van der Waals surface area contributed by atoms with E-state index in [-0.39, 0.29) is 11.9 Å². The van der Waals surface area contributed by atoms with Crippen molar-refractivity contribution in [2.24, 2.45) is 0 Å². The maximum atomic E-state index is 12.1. The van der Waals surface area contributed by atoms with Gasteiger partial charge in [-0.25, -0.2) is 0 Å². The van der Waals surface area contributed by atoms with Crippen molar-refractivity contribution in [3.63, 3.8) is 0 Å². The van der Waals surface area contributed by atoms with E-state index in [4.69, 9.17) is 0 Å². The summed E-state index contributed by atoms with van der Waals surface area (Å²) in [6, 6.07) is 2.04. The fourth-order valence-corrected chi connectivity index (χ4v) is 0.853. The van der Waals surface area contributed by atoms with Crippen LogP contribution < -0.4 is 5.32 Å². The van der Waals surface area contributed by atoms with E-state index in [0.29, 0.717) is 0 Å². The van der Waals surface area contributed by atoms with Crippen molar-refractivity contribution in [1.29, 1.82) is 0 Å². The van der Waals surface area contributed by atoms with Crippen LogP contribution >= 0.6 is 0 Å². The van der Waals surface area contributed by atoms with Crippen LogP contribution in [0.25, 0.3) is 0 Å². The van der Waals surface area contributed by atoms with Gasteiger partial charge in [-0.2, -0.15) is 13.2 Å². The first-order chi connectivity index (χ1) is 6.93. The molecule has 1 unspecified atom stereocenters. The second kappa shape index (κ2) is 4.29. The Balaban J connectivity index is 2.77. The SMILES string of the molecule is C=CC(C)Nc1ccc(C(F)(F)F)nn1. The summed E-state index contributed by atoms with van der Waals surface area (Å²) in [6.07, 6.45) is -2.84. The predicted octanol–water partition coefficient (Wildman–Crippen LogP) is 2.48. The minimum absolute atomic E-state index is 0.0731. The summed E-state index contributed by atoms with van der Waals surface area (Å²) in [5.74, 6) is 0.287. The largest absolute Gasteiger partial charge is 0.435 e. The van der Waals surface area contributed by atoms with Gasteiger partial charge in [0, 0.05) is 6.04 Å². The smallest absolute Gasteiger partial charge is 0.363 e. The van der Waals surface area contributed by atoms with Gasteiger partial charge in [0.25, 0.3) is 0 Å². The fraction of sp³-hybridized carbons (Fsp3) is 0.333. The van der Waals surface area contributed by atoms with Crippen LogP contribution in [0, 0.1) is 0 Å². The van der Waals surface area contributed by atoms with Gasteiger partial charge in [-0.05, 0) is 19.1 Å². The monoisotopic (exact) mass is 217 g/mol. The van der Waals surface area contributed by atoms with Gasteiger partial charge in [-0.15, -0.1) is 16.8 Å². The van der Waals surface area contributed by atoms with Crippen molar-refractivity contribution in [1.82, 2.24) is 10.2 Å². The average molecular weight is 217 g/mol. The number of hydrogen-bond acceptors (Lipinski definition) is 3. The Hall–Kier alpha value is -1.59. The molecule has 0 radical (unpaired) electrons. The molecule has 3 nitrogen and oxygen atoms in total. The third kappa shape index (κ3) is 3.23. The van der Waals surface area contributed by atoms with Crippen molar-refractivity contribution in [3.8, 4) is 0 Å². The molecule has 1 heterocycles. The van der Waals surface area contributed by atoms with Crippen LogP contribution in [0.1, 0.15) is 12.6 Å². The molecular formula is C9H10F3N3. The Morgan fingerprint density at radius 3 is 2.47 bits per heavy atom. The van der Waals surface area contributed by atoms with Gasteiger partial charge in [-0.3, -0.25) is 0 Å². The summed E-state index contributed by atoms with van der Waals surface area (Å²) in [4.78, 5) is 0. The molecule has 0 saturated carbocycles. The third-order valence-corrected chi connectivity index (χ3v) is 1.68. The zero-order valence-electron chi connectivity index (χ0n) is 8.04. The quantitative estimate of drug-likeness (QED) is 0.790. The average Bonchev–Trinajstić information content (AvgIpc) is 2.17. The van der Waals surface area contributed by atoms with Gasteiger partial charge in [0.1, 0.15) is 5.82 Å². The molecule has 0 aliphatic carbocycles. The van der Waals surface area contributed by atoms with Crippen LogP contribution in [-0.2, 0) is 6.18 Å². The first kappa shape index (κ1) is 11.5. The molecule has 0 aliphatic rings. The summed E-state index contributed by atoms with van der Waals surface area (Å²) in [6.45, 7) is 5.32. The maximum absolute atomic E-state index is 12.1. The molecule has 1 aromatic rings. The highest BCUT2D eigenvalue weighted by molar-refractivity contribution is 5.35. The molecule has 0 aromatic carbocycles. The Morgan fingerprint density at radius 1 is 1.40 bits per heavy atom. The second-order valence-corrected chi connectivity index (χ2v) is 2.97. The van der Waals surface area contributed by atoms with Gasteiger partial charge in [0.05, 0.1) is 0 Å². The number of hydrogen-bond donors (Lipinski definition) is 1. The first-order valence-corrected chi connectivity index (χ1v) is 4.23. The Labute approximate surface area is 85.0 Å². The molecule has 0 amide bonds. The first-order valence-electron chi connectivity index (χ1n) is 4.23. The van der Waals surface area contributed by atoms with Crippen molar-refractivity contribution in [2.45, 2.75) is 19.1 Å². The van der Waals surface area contributed by atoms with Gasteiger partial charge >= 0.3 is 6.18 Å². The van der Waals surface area contributed by atoms with Crippen LogP contribution in [0.4, 0.5) is 19.0 Å². The van der Waals surface area contributed by atoms with Crippen LogP contribution in [0.15, 0.2) is 24.8 Å². The normalized spacial score (nSPS) is 13.3. The molecule has 0 spiro atoms. The van der Waals surface area contributed by atoms with E-state index in [2.05, 4.69) is 22.1 Å². The lowest BCUT2D eigenvalue weighted by molar-refractivity contribution is -0.141. The molecule has 82 valence electrons. The summed E-state index contributed by atoms with van der Waals surface area (Å²) in [5.41, 5.74) is -1.00. The van der Waals surface area contributed by atoms with Gasteiger partial charge in [0.2, 0.25) is 0 Å². The van der Waals surface area contributed by atoms with Crippen molar-refractivity contribution in [2.75, 3.05) is 5.32 Å². The van der Waals surface area contributed by atoms with E-state index < -0.39 is 11.9 Å². The zero-order chi connectivity index (χ0) is 11.5. The topological polar surface area (TPSA) is 37.8 Å². The van der Waals surface area contributed by atoms with E-state index in [1.54, 1.807) is 13.0 Å². The fourth-order valence-electron chi connectivity index (χ4n) is 0.853. The number of aromatic nitrogens is 2. The predicted molar refractivity (Wildman–Crippen MR) is 50.3 cm³/mol. The lowest BCUT2D eigenvalue weighted by atomic mass is 10.3. The van der Waals surface area contributed by atoms with E-state index in [1.807, 2.05) is 0 Å². The van der Waals surface area contributed by atoms with E-state index in [9.17, 15) is 13.2 Å². The van der Waals surface area contributed by atoms with Crippen molar-refractivity contribution >= 4 is 5.82 Å². The lowest BCUT2D eigenvalue weighted by Crippen LogP contribution is -2.15. The second-order valence-electron chi connectivity index (χ2n) is 2.97. The summed E-state index contributed by atoms with van der Waals surface area (Å²) < 4.78 is 36.3. The number of anilines is 1. The highest BCUT2D eigenvalue weighted by atomic mass is 19.4. The Bertz CT molecular complexity index is 331. The van der Waals surface area contributed by atoms with E-state index in [1.165, 1.54) is 6.07 Å². The lowest BCUT2D eigenvalue weighted by Gasteiger charge is -2.10. The molecule has 0 bridgehead atoms. The molecule has 0 saturated heterocycles. The maximum Gasteiger partial charge on any atom is 0.435 e. The molecule has 1 aromatic heterocycles. The number of nitrogens with one attached hydrogen (secondary N) is 1. The summed E-state index contributed by atoms with van der Waals surface area (Å²) in [5, 5.41) is 9.28. The van der Waals surface area contributed by atoms with Crippen LogP contribution in [-0.4, -0.2) is 16.2 Å². The van der Waals surface area contributed by atoms with Crippen molar-refractivity contribution in [3.05, 3.63) is 30.5 Å². The Morgan fingerprint density at radius 2 is 2.07 bits per heavy atom. The number of halogens is 3. The molecule has 0 aliphatic heterocycles. The molecule has 0 fully saturated rings. The molecule has 1 N–H and O–H groups in total. The molecule has 1 rings (SSSR count). The molecule has 15 heavy (non-hydrogen) atoms. The molecule has 6 heteroatoms. The van der Waals surface area contributed by atoms with Gasteiger partial charge < -0.3 is 5.32 Å². The number of nitrogens with zero attached hydrogens (tertiary/aromatic N) is 2. The molecule has 1 atom stereocenters. The number of alkyl halides is 3. The highest BCUT2D eigenvalue weighted by Crippen LogP contribution is 2.27. The van der Waals surface area contributed by atoms with Crippen molar-refractivity contribution < 1.29 is 13.2 Å². The van der Waals surface area contributed by atoms with E-state index >= 15 is 0 Å². The Kier molecular flexibility index (Phi) is 3.28. The third-order valence-electron chi connectivity index (χ3n) is 1.68. The van der Waals surface area contributed by atoms with Crippen LogP contribution in [0.3, 0.4) is 0 Å². The van der Waals surface area contributed by atoms with Gasteiger partial charge in [-0.1, -0.05) is 6.08 Å². The van der Waals surface area contributed by atoms with Crippen LogP contribution in [0.5, 0.6) is 0 Å². The summed E-state index contributed by atoms with van der Waals surface area (Å²) in [7, 11) is 0. The zero-order valence-corrected chi connectivity index (χ0v) is 8.04. The van der Waals surface area contributed by atoms with Gasteiger partial charge in [0.15, 0.2) is 5.69 Å². The van der Waals surface area contributed by atoms with Crippen LogP contribution in [0.2, 0.25) is 0 Å². The summed E-state index contributed by atoms with van der Waals surface area (Å²) >= 11 is 0. The minimum atomic E-state index is -4.45. The van der Waals surface area contributed by atoms with E-state index in [0.717, 1.165) is 6.07 Å². The highest BCUT2D eigenvalue weighted by Gasteiger charge is 2.32.